The molecule has 0 saturated carbocycles. The van der Waals surface area contributed by atoms with Gasteiger partial charge in [-0.2, -0.15) is 0 Å². The van der Waals surface area contributed by atoms with Crippen molar-refractivity contribution in [2.24, 2.45) is 0 Å². The molecule has 0 spiro atoms. The van der Waals surface area contributed by atoms with E-state index in [-0.39, 0.29) is 0 Å². The van der Waals surface area contributed by atoms with Gasteiger partial charge < -0.3 is 0 Å². The summed E-state index contributed by atoms with van der Waals surface area (Å²) >= 11 is 0. The van der Waals surface area contributed by atoms with Crippen LogP contribution >= 0.6 is 8.58 Å². The average Bonchev–Trinajstić information content (AvgIpc) is 2.47. The highest BCUT2D eigenvalue weighted by Gasteiger charge is 1.94. The van der Waals surface area contributed by atoms with E-state index in [1.165, 1.54) is 117 Å². The summed E-state index contributed by atoms with van der Waals surface area (Å²) in [5.74, 6) is 0. The van der Waals surface area contributed by atoms with Gasteiger partial charge in [0.1, 0.15) is 0 Å². The molecule has 0 heterocycles. The Morgan fingerprint density at radius 2 is 0.700 bits per heavy atom. The number of hydrogen-bond donors (Lipinski definition) is 0. The first-order chi connectivity index (χ1) is 9.91. The van der Waals surface area contributed by atoms with Gasteiger partial charge in [0.25, 0.3) is 0 Å². The van der Waals surface area contributed by atoms with Crippen LogP contribution in [0.5, 0.6) is 0 Å². The molecule has 0 bridgehead atoms. The van der Waals surface area contributed by atoms with Gasteiger partial charge in [0.2, 0.25) is 0 Å². The summed E-state index contributed by atoms with van der Waals surface area (Å²) < 4.78 is 0. The fourth-order valence-electron chi connectivity index (χ4n) is 2.72. The lowest BCUT2D eigenvalue weighted by Gasteiger charge is -2.03. The molecule has 0 radical (unpaired) electrons. The zero-order valence-electron chi connectivity index (χ0n) is 14.5. The summed E-state index contributed by atoms with van der Waals surface area (Å²) in [6.45, 7) is 4.60. The van der Waals surface area contributed by atoms with Crippen molar-refractivity contribution < 1.29 is 0 Å². The zero-order chi connectivity index (χ0) is 14.7. The summed E-state index contributed by atoms with van der Waals surface area (Å²) in [7, 11) is 1.26. The smallest absolute Gasteiger partial charge is 0.0353 e. The maximum absolute atomic E-state index is 2.30. The van der Waals surface area contributed by atoms with Crippen LogP contribution in [0.2, 0.25) is 0 Å². The lowest BCUT2D eigenvalue weighted by atomic mass is 10.1. The Kier molecular flexibility index (Phi) is 19.8. The predicted molar refractivity (Wildman–Crippen MR) is 98.7 cm³/mol. The van der Waals surface area contributed by atoms with Gasteiger partial charge in [0.15, 0.2) is 0 Å². The van der Waals surface area contributed by atoms with Crippen molar-refractivity contribution >= 4 is 8.58 Å². The van der Waals surface area contributed by atoms with Crippen LogP contribution < -0.4 is 0 Å². The van der Waals surface area contributed by atoms with Crippen LogP contribution in [0.15, 0.2) is 0 Å². The van der Waals surface area contributed by atoms with E-state index in [0.29, 0.717) is 0 Å². The number of unbranched alkanes of at least 4 members (excludes halogenated alkanes) is 13. The van der Waals surface area contributed by atoms with Crippen molar-refractivity contribution in [2.75, 3.05) is 12.3 Å². The zero-order valence-corrected chi connectivity index (χ0v) is 15.5. The molecule has 1 unspecified atom stereocenters. The molecule has 0 aromatic carbocycles. The maximum Gasteiger partial charge on any atom is -0.0353 e. The molecule has 20 heavy (non-hydrogen) atoms. The fourth-order valence-corrected chi connectivity index (χ4v) is 3.97. The maximum atomic E-state index is 2.30. The van der Waals surface area contributed by atoms with Gasteiger partial charge in [-0.05, 0) is 25.2 Å². The van der Waals surface area contributed by atoms with Crippen LogP contribution in [-0.4, -0.2) is 12.3 Å². The van der Waals surface area contributed by atoms with Crippen molar-refractivity contribution in [1.82, 2.24) is 0 Å². The Hall–Kier alpha value is 0.430. The van der Waals surface area contributed by atoms with Crippen LogP contribution in [0.3, 0.4) is 0 Å². The van der Waals surface area contributed by atoms with Crippen LogP contribution in [-0.2, 0) is 0 Å². The highest BCUT2D eigenvalue weighted by atomic mass is 31.1. The Morgan fingerprint density at radius 1 is 0.400 bits per heavy atom. The third-order valence-electron chi connectivity index (χ3n) is 4.16. The fraction of sp³-hybridized carbons (Fsp3) is 1.00. The molecule has 0 rings (SSSR count). The van der Waals surface area contributed by atoms with Gasteiger partial charge >= 0.3 is 0 Å². The quantitative estimate of drug-likeness (QED) is 0.192. The Bertz CT molecular complexity index is 138. The second-order valence-electron chi connectivity index (χ2n) is 6.35. The molecule has 0 nitrogen and oxygen atoms in total. The first kappa shape index (κ1) is 20.4. The second kappa shape index (κ2) is 19.4. The number of rotatable bonds is 17. The molecule has 122 valence electrons. The number of hydrogen-bond acceptors (Lipinski definition) is 0. The molecule has 0 aliphatic rings. The van der Waals surface area contributed by atoms with Crippen molar-refractivity contribution in [3.63, 3.8) is 0 Å². The minimum Gasteiger partial charge on any atom is -0.122 e. The van der Waals surface area contributed by atoms with Crippen molar-refractivity contribution in [3.05, 3.63) is 0 Å². The van der Waals surface area contributed by atoms with E-state index in [2.05, 4.69) is 13.8 Å². The SMILES string of the molecule is CCCCCCCCCCPCCCCCCCCC. The summed E-state index contributed by atoms with van der Waals surface area (Å²) in [5, 5.41) is 0. The highest BCUT2D eigenvalue weighted by Crippen LogP contribution is 2.18. The van der Waals surface area contributed by atoms with Crippen molar-refractivity contribution in [1.29, 1.82) is 0 Å². The van der Waals surface area contributed by atoms with Crippen LogP contribution in [0.1, 0.15) is 110 Å². The summed E-state index contributed by atoms with van der Waals surface area (Å²) in [6, 6.07) is 0. The molecular weight excluding hydrogens is 259 g/mol. The summed E-state index contributed by atoms with van der Waals surface area (Å²) in [4.78, 5) is 0. The van der Waals surface area contributed by atoms with Gasteiger partial charge in [0.05, 0.1) is 0 Å². The van der Waals surface area contributed by atoms with E-state index in [0.717, 1.165) is 0 Å². The third kappa shape index (κ3) is 18.4. The highest BCUT2D eigenvalue weighted by molar-refractivity contribution is 7.37. The monoisotopic (exact) mass is 300 g/mol. The third-order valence-corrected chi connectivity index (χ3v) is 5.58. The molecule has 0 saturated heterocycles. The average molecular weight is 301 g/mol. The lowest BCUT2D eigenvalue weighted by Crippen LogP contribution is -1.85. The van der Waals surface area contributed by atoms with Gasteiger partial charge in [-0.25, -0.2) is 0 Å². The predicted octanol–water partition coefficient (Wildman–Crippen LogP) is 7.56. The molecule has 1 heteroatoms. The van der Waals surface area contributed by atoms with Gasteiger partial charge in [-0.15, -0.1) is 8.58 Å². The summed E-state index contributed by atoms with van der Waals surface area (Å²) in [5.41, 5.74) is 0. The molecule has 0 amide bonds. The molecule has 0 aliphatic heterocycles. The molecular formula is C19H41P. The molecule has 0 fully saturated rings. The Balaban J connectivity index is 2.89. The normalized spacial score (nSPS) is 11.7. The van der Waals surface area contributed by atoms with Gasteiger partial charge in [-0.3, -0.25) is 0 Å². The first-order valence-electron chi connectivity index (χ1n) is 9.62. The van der Waals surface area contributed by atoms with E-state index in [4.69, 9.17) is 0 Å². The minimum atomic E-state index is 1.26. The van der Waals surface area contributed by atoms with Crippen LogP contribution in [0.25, 0.3) is 0 Å². The van der Waals surface area contributed by atoms with E-state index in [9.17, 15) is 0 Å². The topological polar surface area (TPSA) is 0 Å². The molecule has 0 N–H and O–H groups in total. The first-order valence-corrected chi connectivity index (χ1v) is 11.0. The van der Waals surface area contributed by atoms with E-state index < -0.39 is 0 Å². The molecule has 0 aromatic rings. The van der Waals surface area contributed by atoms with Crippen molar-refractivity contribution in [3.8, 4) is 0 Å². The standard InChI is InChI=1S/C19H41P/c1-3-5-7-9-11-13-15-17-19-20-18-16-14-12-10-8-6-4-2/h20H,3-19H2,1-2H3. The molecule has 0 aromatic heterocycles. The van der Waals surface area contributed by atoms with Gasteiger partial charge in [0, 0.05) is 0 Å². The van der Waals surface area contributed by atoms with E-state index in [1.54, 1.807) is 0 Å². The van der Waals surface area contributed by atoms with Crippen LogP contribution in [0, 0.1) is 0 Å². The largest absolute Gasteiger partial charge is 0.122 e. The minimum absolute atomic E-state index is 1.26. The van der Waals surface area contributed by atoms with E-state index >= 15 is 0 Å². The van der Waals surface area contributed by atoms with Crippen LogP contribution in [0.4, 0.5) is 0 Å². The van der Waals surface area contributed by atoms with Gasteiger partial charge in [-0.1, -0.05) is 97.3 Å². The Morgan fingerprint density at radius 3 is 1.05 bits per heavy atom. The second-order valence-corrected chi connectivity index (χ2v) is 7.85. The van der Waals surface area contributed by atoms with Crippen molar-refractivity contribution in [2.45, 2.75) is 110 Å². The summed E-state index contributed by atoms with van der Waals surface area (Å²) in [6.07, 6.45) is 25.0. The molecule has 0 aliphatic carbocycles. The lowest BCUT2D eigenvalue weighted by molar-refractivity contribution is 0.586. The Labute approximate surface area is 131 Å². The molecule has 1 atom stereocenters. The van der Waals surface area contributed by atoms with E-state index in [1.807, 2.05) is 0 Å².